The van der Waals surface area contributed by atoms with Crippen LogP contribution in [0.3, 0.4) is 0 Å². The maximum atomic E-state index is 12.7. The van der Waals surface area contributed by atoms with E-state index in [2.05, 4.69) is 10.9 Å². The van der Waals surface area contributed by atoms with Crippen molar-refractivity contribution in [2.24, 2.45) is 5.92 Å². The highest BCUT2D eigenvalue weighted by atomic mass is 19.4. The van der Waals surface area contributed by atoms with Gasteiger partial charge in [0.05, 0.1) is 30.0 Å². The van der Waals surface area contributed by atoms with Crippen LogP contribution in [-0.4, -0.2) is 23.3 Å². The van der Waals surface area contributed by atoms with E-state index in [0.29, 0.717) is 5.76 Å². The molecular weight excluding hydrogens is 351 g/mol. The van der Waals surface area contributed by atoms with Crippen LogP contribution in [0.1, 0.15) is 17.7 Å². The summed E-state index contributed by atoms with van der Waals surface area (Å²) in [4.78, 5) is 25.7. The number of halogens is 3. The largest absolute Gasteiger partial charge is 0.467 e. The fraction of sp³-hybridized carbons (Fsp3) is 0.294. The van der Waals surface area contributed by atoms with E-state index in [9.17, 15) is 22.8 Å². The first kappa shape index (κ1) is 17.8. The summed E-state index contributed by atoms with van der Waals surface area (Å²) in [6.45, 7) is 0.492. The first-order valence-electron chi connectivity index (χ1n) is 7.86. The second-order valence-electron chi connectivity index (χ2n) is 5.95. The third kappa shape index (κ3) is 4.16. The molecule has 9 heteroatoms. The molecule has 1 saturated heterocycles. The van der Waals surface area contributed by atoms with E-state index in [0.717, 1.165) is 12.1 Å². The number of hydrogen-bond acceptors (Lipinski definition) is 4. The number of hydrogen-bond donors (Lipinski definition) is 2. The Morgan fingerprint density at radius 3 is 2.77 bits per heavy atom. The third-order valence-electron chi connectivity index (χ3n) is 4.03. The minimum atomic E-state index is -4.47. The number of rotatable bonds is 5. The van der Waals surface area contributed by atoms with E-state index < -0.39 is 23.6 Å². The first-order chi connectivity index (χ1) is 12.3. The third-order valence-corrected chi connectivity index (χ3v) is 4.03. The number of hydrazine groups is 1. The lowest BCUT2D eigenvalue weighted by Crippen LogP contribution is -2.36. The van der Waals surface area contributed by atoms with E-state index in [1.54, 1.807) is 12.1 Å². The smallest absolute Gasteiger partial charge is 0.416 e. The molecule has 1 aromatic heterocycles. The quantitative estimate of drug-likeness (QED) is 0.797. The van der Waals surface area contributed by atoms with Gasteiger partial charge >= 0.3 is 6.18 Å². The van der Waals surface area contributed by atoms with Gasteiger partial charge in [0.15, 0.2) is 0 Å². The van der Waals surface area contributed by atoms with Crippen molar-refractivity contribution in [3.63, 3.8) is 0 Å². The zero-order chi connectivity index (χ0) is 18.7. The highest BCUT2D eigenvalue weighted by Gasteiger charge is 2.35. The summed E-state index contributed by atoms with van der Waals surface area (Å²) in [5, 5.41) is 0. The molecule has 1 unspecified atom stereocenters. The summed E-state index contributed by atoms with van der Waals surface area (Å²) in [6.07, 6.45) is -2.93. The minimum absolute atomic E-state index is 0.0385. The maximum Gasteiger partial charge on any atom is 0.416 e. The summed E-state index contributed by atoms with van der Waals surface area (Å²) >= 11 is 0. The fourth-order valence-corrected chi connectivity index (χ4v) is 2.70. The highest BCUT2D eigenvalue weighted by molar-refractivity contribution is 5.89. The molecular formula is C17H16F3N3O3. The van der Waals surface area contributed by atoms with Gasteiger partial charge in [-0.3, -0.25) is 20.4 Å². The van der Waals surface area contributed by atoms with Crippen molar-refractivity contribution in [2.45, 2.75) is 19.1 Å². The molecule has 2 amide bonds. The van der Waals surface area contributed by atoms with E-state index in [1.165, 1.54) is 23.3 Å². The molecule has 26 heavy (non-hydrogen) atoms. The minimum Gasteiger partial charge on any atom is -0.467 e. The Hall–Kier alpha value is -2.97. The Kier molecular flexibility index (Phi) is 4.88. The molecule has 1 aliphatic heterocycles. The van der Waals surface area contributed by atoms with Gasteiger partial charge in [-0.15, -0.1) is 0 Å². The van der Waals surface area contributed by atoms with Gasteiger partial charge in [-0.1, -0.05) is 6.07 Å². The van der Waals surface area contributed by atoms with E-state index in [4.69, 9.17) is 4.42 Å². The van der Waals surface area contributed by atoms with Crippen LogP contribution in [0, 0.1) is 5.92 Å². The van der Waals surface area contributed by atoms with Crippen molar-refractivity contribution in [1.29, 1.82) is 0 Å². The molecule has 0 saturated carbocycles. The number of alkyl halides is 3. The van der Waals surface area contributed by atoms with Gasteiger partial charge in [-0.2, -0.15) is 13.2 Å². The SMILES string of the molecule is O=C(NNc1cccc(C(F)(F)F)c1)C1CC(=O)N(Cc2ccco2)C1. The monoisotopic (exact) mass is 367 g/mol. The zero-order valence-corrected chi connectivity index (χ0v) is 13.5. The number of amides is 2. The number of nitrogens with one attached hydrogen (secondary N) is 2. The average Bonchev–Trinajstić information content (AvgIpc) is 3.23. The molecule has 138 valence electrons. The Labute approximate surface area is 146 Å². The van der Waals surface area contributed by atoms with Crippen molar-refractivity contribution in [1.82, 2.24) is 10.3 Å². The average molecular weight is 367 g/mol. The molecule has 0 spiro atoms. The normalized spacial score (nSPS) is 17.4. The predicted octanol–water partition coefficient (Wildman–Crippen LogP) is 2.79. The van der Waals surface area contributed by atoms with E-state index >= 15 is 0 Å². The van der Waals surface area contributed by atoms with Gasteiger partial charge in [-0.25, -0.2) is 0 Å². The molecule has 2 aromatic rings. The van der Waals surface area contributed by atoms with Crippen molar-refractivity contribution in [3.05, 3.63) is 54.0 Å². The molecule has 1 atom stereocenters. The number of carbonyl (C=O) groups excluding carboxylic acids is 2. The van der Waals surface area contributed by atoms with E-state index in [-0.39, 0.29) is 31.1 Å². The standard InChI is InChI=1S/C17H16F3N3O3/c18-17(19,20)12-3-1-4-13(8-12)21-22-16(25)11-7-15(24)23(9-11)10-14-5-2-6-26-14/h1-6,8,11,21H,7,9-10H2,(H,22,25). The second-order valence-corrected chi connectivity index (χ2v) is 5.95. The Morgan fingerprint density at radius 1 is 1.27 bits per heavy atom. The molecule has 2 heterocycles. The molecule has 6 nitrogen and oxygen atoms in total. The molecule has 1 aliphatic rings. The Bertz CT molecular complexity index is 790. The summed E-state index contributed by atoms with van der Waals surface area (Å²) in [5.74, 6) is -0.615. The first-order valence-corrected chi connectivity index (χ1v) is 7.86. The Balaban J connectivity index is 1.55. The van der Waals surface area contributed by atoms with Crippen molar-refractivity contribution < 1.29 is 27.2 Å². The molecule has 1 aromatic carbocycles. The van der Waals surface area contributed by atoms with Crippen LogP contribution < -0.4 is 10.9 Å². The summed E-state index contributed by atoms with van der Waals surface area (Å²) in [7, 11) is 0. The molecule has 0 radical (unpaired) electrons. The second kappa shape index (κ2) is 7.11. The number of carbonyl (C=O) groups is 2. The summed E-state index contributed by atoms with van der Waals surface area (Å²) in [5.41, 5.74) is 4.10. The highest BCUT2D eigenvalue weighted by Crippen LogP contribution is 2.30. The maximum absolute atomic E-state index is 12.7. The van der Waals surface area contributed by atoms with Crippen LogP contribution >= 0.6 is 0 Å². The van der Waals surface area contributed by atoms with Crippen LogP contribution in [0.2, 0.25) is 0 Å². The van der Waals surface area contributed by atoms with Gasteiger partial charge in [0.1, 0.15) is 5.76 Å². The predicted molar refractivity (Wildman–Crippen MR) is 85.4 cm³/mol. The van der Waals surface area contributed by atoms with Crippen LogP contribution in [0.4, 0.5) is 18.9 Å². The van der Waals surface area contributed by atoms with Crippen molar-refractivity contribution >= 4 is 17.5 Å². The lowest BCUT2D eigenvalue weighted by Gasteiger charge is -2.16. The van der Waals surface area contributed by atoms with Gasteiger partial charge in [-0.05, 0) is 30.3 Å². The zero-order valence-electron chi connectivity index (χ0n) is 13.5. The molecule has 1 fully saturated rings. The number of likely N-dealkylation sites (tertiary alicyclic amines) is 1. The van der Waals surface area contributed by atoms with Gasteiger partial charge in [0.25, 0.3) is 0 Å². The molecule has 3 rings (SSSR count). The van der Waals surface area contributed by atoms with Crippen molar-refractivity contribution in [3.8, 4) is 0 Å². The molecule has 0 bridgehead atoms. The van der Waals surface area contributed by atoms with Crippen LogP contribution in [0.15, 0.2) is 47.1 Å². The van der Waals surface area contributed by atoms with Gasteiger partial charge < -0.3 is 9.32 Å². The lowest BCUT2D eigenvalue weighted by molar-refractivity contribution is -0.137. The van der Waals surface area contributed by atoms with Crippen LogP contribution in [0.5, 0.6) is 0 Å². The topological polar surface area (TPSA) is 74.6 Å². The summed E-state index contributed by atoms with van der Waals surface area (Å²) in [6, 6.07) is 7.91. The van der Waals surface area contributed by atoms with Crippen LogP contribution in [0.25, 0.3) is 0 Å². The molecule has 2 N–H and O–H groups in total. The van der Waals surface area contributed by atoms with E-state index in [1.807, 2.05) is 0 Å². The molecule has 0 aliphatic carbocycles. The van der Waals surface area contributed by atoms with Gasteiger partial charge in [0, 0.05) is 13.0 Å². The van der Waals surface area contributed by atoms with Crippen molar-refractivity contribution in [2.75, 3.05) is 12.0 Å². The number of nitrogens with zero attached hydrogens (tertiary/aromatic N) is 1. The van der Waals surface area contributed by atoms with Crippen LogP contribution in [-0.2, 0) is 22.3 Å². The number of furan rings is 1. The fourth-order valence-electron chi connectivity index (χ4n) is 2.70. The summed E-state index contributed by atoms with van der Waals surface area (Å²) < 4.78 is 43.2. The number of benzene rings is 1. The van der Waals surface area contributed by atoms with Gasteiger partial charge in [0.2, 0.25) is 11.8 Å². The number of anilines is 1. The Morgan fingerprint density at radius 2 is 2.08 bits per heavy atom. The lowest BCUT2D eigenvalue weighted by atomic mass is 10.1.